The number of piperazine rings is 1. The van der Waals surface area contributed by atoms with E-state index in [1.54, 1.807) is 6.07 Å². The Kier molecular flexibility index (Phi) is 7.36. The molecule has 1 saturated heterocycles. The molecule has 156 valence electrons. The molecule has 0 saturated carbocycles. The first-order valence-corrected chi connectivity index (χ1v) is 10.4. The van der Waals surface area contributed by atoms with Gasteiger partial charge in [0.1, 0.15) is 5.75 Å². The standard InChI is InChI=1S/C23H33N5O/c1-4-24-23(25-17-19-9-11-20(12-10-19)18-26(2)3)28-15-13-27(14-16-28)21-7-5-6-8-22(21)29/h5-12,29H,4,13-18H2,1-3H3,(H,24,25). The molecular weight excluding hydrogens is 362 g/mol. The molecule has 2 aromatic rings. The van der Waals surface area contributed by atoms with Crippen LogP contribution in [0.5, 0.6) is 5.75 Å². The summed E-state index contributed by atoms with van der Waals surface area (Å²) in [6.45, 7) is 8.05. The number of phenols is 1. The Balaban J connectivity index is 1.60. The molecule has 1 aliphatic heterocycles. The second kappa shape index (κ2) is 10.2. The molecule has 1 heterocycles. The van der Waals surface area contributed by atoms with Crippen LogP contribution in [0.15, 0.2) is 53.5 Å². The fourth-order valence-electron chi connectivity index (χ4n) is 3.60. The van der Waals surface area contributed by atoms with Crippen molar-refractivity contribution in [1.82, 2.24) is 15.1 Å². The summed E-state index contributed by atoms with van der Waals surface area (Å²) in [6, 6.07) is 16.3. The molecule has 0 spiro atoms. The van der Waals surface area contributed by atoms with Crippen LogP contribution in [-0.4, -0.2) is 67.7 Å². The summed E-state index contributed by atoms with van der Waals surface area (Å²) in [5.74, 6) is 1.31. The predicted molar refractivity (Wildman–Crippen MR) is 121 cm³/mol. The largest absolute Gasteiger partial charge is 0.506 e. The number of rotatable bonds is 6. The van der Waals surface area contributed by atoms with E-state index in [4.69, 9.17) is 4.99 Å². The van der Waals surface area contributed by atoms with Gasteiger partial charge in [-0.15, -0.1) is 0 Å². The third-order valence-electron chi connectivity index (χ3n) is 5.07. The van der Waals surface area contributed by atoms with Gasteiger partial charge in [-0.3, -0.25) is 0 Å². The lowest BCUT2D eigenvalue weighted by Gasteiger charge is -2.37. The van der Waals surface area contributed by atoms with Crippen molar-refractivity contribution >= 4 is 11.6 Å². The molecule has 6 heteroatoms. The molecule has 2 aromatic carbocycles. The van der Waals surface area contributed by atoms with Gasteiger partial charge < -0.3 is 25.1 Å². The van der Waals surface area contributed by atoms with E-state index in [0.717, 1.165) is 50.9 Å². The second-order valence-corrected chi connectivity index (χ2v) is 7.69. The first-order valence-electron chi connectivity index (χ1n) is 10.4. The van der Waals surface area contributed by atoms with Crippen molar-refractivity contribution in [2.75, 3.05) is 51.7 Å². The van der Waals surface area contributed by atoms with Gasteiger partial charge >= 0.3 is 0 Å². The first kappa shape index (κ1) is 21.0. The summed E-state index contributed by atoms with van der Waals surface area (Å²) in [7, 11) is 4.17. The molecule has 2 N–H and O–H groups in total. The number of benzene rings is 2. The monoisotopic (exact) mass is 395 g/mol. The van der Waals surface area contributed by atoms with E-state index in [1.165, 1.54) is 11.1 Å². The number of hydrogen-bond acceptors (Lipinski definition) is 4. The van der Waals surface area contributed by atoms with Gasteiger partial charge in [0.05, 0.1) is 12.2 Å². The number of guanidine groups is 1. The maximum Gasteiger partial charge on any atom is 0.194 e. The van der Waals surface area contributed by atoms with Crippen molar-refractivity contribution in [3.8, 4) is 5.75 Å². The lowest BCUT2D eigenvalue weighted by atomic mass is 10.1. The molecule has 6 nitrogen and oxygen atoms in total. The van der Waals surface area contributed by atoms with Crippen molar-refractivity contribution in [1.29, 1.82) is 0 Å². The normalized spacial score (nSPS) is 15.1. The van der Waals surface area contributed by atoms with E-state index in [-0.39, 0.29) is 0 Å². The van der Waals surface area contributed by atoms with Gasteiger partial charge in [-0.1, -0.05) is 36.4 Å². The number of para-hydroxylation sites is 2. The summed E-state index contributed by atoms with van der Waals surface area (Å²) in [5, 5.41) is 13.5. The quantitative estimate of drug-likeness (QED) is 0.582. The number of nitrogens with one attached hydrogen (secondary N) is 1. The molecular formula is C23H33N5O. The molecule has 0 amide bonds. The van der Waals surface area contributed by atoms with Crippen LogP contribution in [-0.2, 0) is 13.1 Å². The molecule has 0 radical (unpaired) electrons. The van der Waals surface area contributed by atoms with Crippen LogP contribution < -0.4 is 10.2 Å². The zero-order valence-electron chi connectivity index (χ0n) is 17.8. The highest BCUT2D eigenvalue weighted by Crippen LogP contribution is 2.27. The second-order valence-electron chi connectivity index (χ2n) is 7.69. The Morgan fingerprint density at radius 1 is 1.00 bits per heavy atom. The molecule has 1 aliphatic rings. The third-order valence-corrected chi connectivity index (χ3v) is 5.07. The Labute approximate surface area is 174 Å². The summed E-state index contributed by atoms with van der Waals surface area (Å²) >= 11 is 0. The highest BCUT2D eigenvalue weighted by atomic mass is 16.3. The Bertz CT molecular complexity index is 795. The number of phenolic OH excluding ortho intramolecular Hbond substituents is 1. The molecule has 0 aliphatic carbocycles. The van der Waals surface area contributed by atoms with Gasteiger partial charge in [0.25, 0.3) is 0 Å². The average molecular weight is 396 g/mol. The van der Waals surface area contributed by atoms with Gasteiger partial charge in [0.2, 0.25) is 0 Å². The number of nitrogens with zero attached hydrogens (tertiary/aromatic N) is 4. The van der Waals surface area contributed by atoms with Crippen LogP contribution in [0.3, 0.4) is 0 Å². The number of aromatic hydroxyl groups is 1. The van der Waals surface area contributed by atoms with E-state index in [2.05, 4.69) is 65.3 Å². The molecule has 0 atom stereocenters. The van der Waals surface area contributed by atoms with Crippen LogP contribution in [0.25, 0.3) is 0 Å². The highest BCUT2D eigenvalue weighted by Gasteiger charge is 2.21. The lowest BCUT2D eigenvalue weighted by molar-refractivity contribution is 0.369. The Morgan fingerprint density at radius 3 is 2.28 bits per heavy atom. The summed E-state index contributed by atoms with van der Waals surface area (Å²) in [5.41, 5.74) is 3.44. The summed E-state index contributed by atoms with van der Waals surface area (Å²) < 4.78 is 0. The molecule has 0 bridgehead atoms. The molecule has 29 heavy (non-hydrogen) atoms. The van der Waals surface area contributed by atoms with Gasteiger partial charge in [-0.2, -0.15) is 0 Å². The van der Waals surface area contributed by atoms with Crippen molar-refractivity contribution in [2.45, 2.75) is 20.0 Å². The van der Waals surface area contributed by atoms with Gasteiger partial charge in [0.15, 0.2) is 5.96 Å². The SMILES string of the molecule is CCNC(=NCc1ccc(CN(C)C)cc1)N1CCN(c2ccccc2O)CC1. The molecule has 3 rings (SSSR count). The van der Waals surface area contributed by atoms with Crippen LogP contribution >= 0.6 is 0 Å². The highest BCUT2D eigenvalue weighted by molar-refractivity contribution is 5.80. The van der Waals surface area contributed by atoms with E-state index < -0.39 is 0 Å². The van der Waals surface area contributed by atoms with E-state index in [9.17, 15) is 5.11 Å². The Hall–Kier alpha value is -2.73. The zero-order valence-corrected chi connectivity index (χ0v) is 17.8. The average Bonchev–Trinajstić information content (AvgIpc) is 2.72. The smallest absolute Gasteiger partial charge is 0.194 e. The number of anilines is 1. The maximum atomic E-state index is 10.1. The number of aliphatic imine (C=N–C) groups is 1. The fourth-order valence-corrected chi connectivity index (χ4v) is 3.60. The van der Waals surface area contributed by atoms with Crippen molar-refractivity contribution in [2.24, 2.45) is 4.99 Å². The topological polar surface area (TPSA) is 54.3 Å². The van der Waals surface area contributed by atoms with Crippen molar-refractivity contribution < 1.29 is 5.11 Å². The molecule has 1 fully saturated rings. The van der Waals surface area contributed by atoms with Crippen LogP contribution in [0.2, 0.25) is 0 Å². The first-order chi connectivity index (χ1) is 14.1. The van der Waals surface area contributed by atoms with Gasteiger partial charge in [-0.05, 0) is 44.3 Å². The number of hydrogen-bond donors (Lipinski definition) is 2. The summed E-state index contributed by atoms with van der Waals surface area (Å²) in [6.07, 6.45) is 0. The predicted octanol–water partition coefficient (Wildman–Crippen LogP) is 2.74. The molecule has 0 unspecified atom stereocenters. The Morgan fingerprint density at radius 2 is 1.66 bits per heavy atom. The van der Waals surface area contributed by atoms with Crippen molar-refractivity contribution in [3.05, 3.63) is 59.7 Å². The fraction of sp³-hybridized carbons (Fsp3) is 0.435. The van der Waals surface area contributed by atoms with Gasteiger partial charge in [-0.25, -0.2) is 4.99 Å². The van der Waals surface area contributed by atoms with E-state index in [0.29, 0.717) is 12.3 Å². The molecule has 0 aromatic heterocycles. The minimum atomic E-state index is 0.347. The van der Waals surface area contributed by atoms with Crippen molar-refractivity contribution in [3.63, 3.8) is 0 Å². The van der Waals surface area contributed by atoms with Crippen LogP contribution in [0.1, 0.15) is 18.1 Å². The van der Waals surface area contributed by atoms with E-state index in [1.807, 2.05) is 18.2 Å². The minimum Gasteiger partial charge on any atom is -0.506 e. The third kappa shape index (κ3) is 5.87. The minimum absolute atomic E-state index is 0.347. The van der Waals surface area contributed by atoms with E-state index >= 15 is 0 Å². The zero-order chi connectivity index (χ0) is 20.6. The van der Waals surface area contributed by atoms with Gasteiger partial charge in [0, 0.05) is 39.3 Å². The van der Waals surface area contributed by atoms with Crippen LogP contribution in [0, 0.1) is 0 Å². The lowest BCUT2D eigenvalue weighted by Crippen LogP contribution is -2.52. The van der Waals surface area contributed by atoms with Crippen LogP contribution in [0.4, 0.5) is 5.69 Å². The maximum absolute atomic E-state index is 10.1. The summed E-state index contributed by atoms with van der Waals surface area (Å²) in [4.78, 5) is 11.6.